The molecule has 6 nitrogen and oxygen atoms in total. The molecule has 0 fully saturated rings. The smallest absolute Gasteiger partial charge is 0.373 e. The lowest BCUT2D eigenvalue weighted by molar-refractivity contribution is 0.0563. The van der Waals surface area contributed by atoms with Crippen LogP contribution in [0.15, 0.2) is 26.5 Å². The number of nitrogens with zero attached hydrogens (tertiary/aromatic N) is 1. The van der Waals surface area contributed by atoms with E-state index >= 15 is 0 Å². The number of thiophene rings is 1. The van der Waals surface area contributed by atoms with Gasteiger partial charge in [0.2, 0.25) is 5.76 Å². The number of aromatic nitrogens is 2. The summed E-state index contributed by atoms with van der Waals surface area (Å²) in [5.41, 5.74) is 1.02. The summed E-state index contributed by atoms with van der Waals surface area (Å²) in [7, 11) is 1.31. The molecule has 1 N–H and O–H groups in total. The van der Waals surface area contributed by atoms with Crippen LogP contribution in [-0.4, -0.2) is 23.0 Å². The van der Waals surface area contributed by atoms with Gasteiger partial charge in [-0.2, -0.15) is 0 Å². The number of aromatic amines is 1. The summed E-state index contributed by atoms with van der Waals surface area (Å²) >= 11 is 2.93. The number of ether oxygens (including phenoxy) is 1. The lowest BCUT2D eigenvalue weighted by Gasteiger charge is -2.08. The number of esters is 1. The van der Waals surface area contributed by atoms with Gasteiger partial charge in [-0.05, 0) is 37.0 Å². The summed E-state index contributed by atoms with van der Waals surface area (Å²) in [6.07, 6.45) is 1.97. The number of methoxy groups -OCH3 is 1. The van der Waals surface area contributed by atoms with Crippen molar-refractivity contribution in [1.82, 2.24) is 9.97 Å². The SMILES string of the molecule is CC[C@H](C)Cc1c(C)sc2nc(SCc3ccc(C(=O)OC)o3)[nH]c(=O)c12. The zero-order valence-electron chi connectivity index (χ0n) is 15.8. The average Bonchev–Trinajstić information content (AvgIpc) is 3.24. The molecule has 3 rings (SSSR count). The maximum atomic E-state index is 12.7. The maximum absolute atomic E-state index is 12.7. The van der Waals surface area contributed by atoms with Crippen LogP contribution < -0.4 is 5.56 Å². The Bertz CT molecular complexity index is 1020. The Morgan fingerprint density at radius 3 is 2.93 bits per heavy atom. The summed E-state index contributed by atoms with van der Waals surface area (Å²) < 4.78 is 10.1. The minimum Gasteiger partial charge on any atom is -0.463 e. The van der Waals surface area contributed by atoms with Crippen molar-refractivity contribution in [3.8, 4) is 0 Å². The van der Waals surface area contributed by atoms with Crippen LogP contribution >= 0.6 is 23.1 Å². The summed E-state index contributed by atoms with van der Waals surface area (Å²) in [6, 6.07) is 3.29. The molecule has 0 saturated heterocycles. The number of fused-ring (bicyclic) bond motifs is 1. The molecule has 3 aromatic rings. The monoisotopic (exact) mass is 406 g/mol. The van der Waals surface area contributed by atoms with Gasteiger partial charge in [0.05, 0.1) is 18.2 Å². The average molecular weight is 407 g/mol. The molecule has 1 atom stereocenters. The largest absolute Gasteiger partial charge is 0.463 e. The standard InChI is InChI=1S/C19H22N2O4S2/c1-5-10(2)8-13-11(3)27-17-15(13)16(22)20-19(21-17)26-9-12-6-7-14(25-12)18(23)24-4/h6-7,10H,5,8-9H2,1-4H3,(H,20,21,22)/t10-/m0/s1. The van der Waals surface area contributed by atoms with Crippen LogP contribution in [0.4, 0.5) is 0 Å². The number of rotatable bonds is 7. The molecule has 0 unspecified atom stereocenters. The number of carbonyl (C=O) groups excluding carboxylic acids is 1. The van der Waals surface area contributed by atoms with Crippen molar-refractivity contribution >= 4 is 39.3 Å². The highest BCUT2D eigenvalue weighted by Gasteiger charge is 2.17. The van der Waals surface area contributed by atoms with Gasteiger partial charge in [0.15, 0.2) is 5.16 Å². The van der Waals surface area contributed by atoms with Crippen LogP contribution in [0.2, 0.25) is 0 Å². The van der Waals surface area contributed by atoms with Gasteiger partial charge >= 0.3 is 5.97 Å². The molecule has 0 aromatic carbocycles. The third-order valence-corrected chi connectivity index (χ3v) is 6.43. The van der Waals surface area contributed by atoms with E-state index in [0.717, 1.165) is 28.1 Å². The molecule has 0 aliphatic heterocycles. The molecular weight excluding hydrogens is 384 g/mol. The fraction of sp³-hybridized carbons (Fsp3) is 0.421. The third kappa shape index (κ3) is 4.27. The normalized spacial score (nSPS) is 12.4. The van der Waals surface area contributed by atoms with Crippen LogP contribution in [0, 0.1) is 12.8 Å². The van der Waals surface area contributed by atoms with Crippen molar-refractivity contribution in [1.29, 1.82) is 0 Å². The van der Waals surface area contributed by atoms with E-state index in [9.17, 15) is 9.59 Å². The number of hydrogen-bond donors (Lipinski definition) is 1. The van der Waals surface area contributed by atoms with E-state index < -0.39 is 5.97 Å². The van der Waals surface area contributed by atoms with Crippen molar-refractivity contribution in [3.05, 3.63) is 44.4 Å². The van der Waals surface area contributed by atoms with Gasteiger partial charge in [0.1, 0.15) is 10.6 Å². The first-order valence-corrected chi connectivity index (χ1v) is 10.5. The highest BCUT2D eigenvalue weighted by atomic mass is 32.2. The Morgan fingerprint density at radius 1 is 1.44 bits per heavy atom. The van der Waals surface area contributed by atoms with Crippen molar-refractivity contribution in [2.24, 2.45) is 5.92 Å². The number of H-pyrrole nitrogens is 1. The quantitative estimate of drug-likeness (QED) is 0.352. The highest BCUT2D eigenvalue weighted by Crippen LogP contribution is 2.31. The minimum atomic E-state index is -0.512. The lowest BCUT2D eigenvalue weighted by atomic mass is 9.98. The zero-order valence-corrected chi connectivity index (χ0v) is 17.4. The number of nitrogens with one attached hydrogen (secondary N) is 1. The lowest BCUT2D eigenvalue weighted by Crippen LogP contribution is -2.11. The van der Waals surface area contributed by atoms with Crippen molar-refractivity contribution < 1.29 is 13.9 Å². The second-order valence-electron chi connectivity index (χ2n) is 6.45. The fourth-order valence-electron chi connectivity index (χ4n) is 2.77. The Hall–Kier alpha value is -2.06. The molecule has 0 amide bonds. The van der Waals surface area contributed by atoms with Crippen molar-refractivity contribution in [3.63, 3.8) is 0 Å². The number of carbonyl (C=O) groups is 1. The molecule has 0 saturated carbocycles. The van der Waals surface area contributed by atoms with Crippen LogP contribution in [0.3, 0.4) is 0 Å². The van der Waals surface area contributed by atoms with Crippen molar-refractivity contribution in [2.45, 2.75) is 44.5 Å². The summed E-state index contributed by atoms with van der Waals surface area (Å²) in [5.74, 6) is 1.24. The topological polar surface area (TPSA) is 85.2 Å². The number of thioether (sulfide) groups is 1. The molecule has 0 radical (unpaired) electrons. The minimum absolute atomic E-state index is 0.0974. The first kappa shape index (κ1) is 19.7. The van der Waals surface area contributed by atoms with Crippen LogP contribution in [0.5, 0.6) is 0 Å². The summed E-state index contributed by atoms with van der Waals surface area (Å²) in [5, 5.41) is 1.26. The molecule has 27 heavy (non-hydrogen) atoms. The fourth-order valence-corrected chi connectivity index (χ4v) is 4.63. The van der Waals surface area contributed by atoms with Gasteiger partial charge in [0.25, 0.3) is 5.56 Å². The first-order chi connectivity index (χ1) is 12.9. The van der Waals surface area contributed by atoms with Gasteiger partial charge in [-0.25, -0.2) is 9.78 Å². The van der Waals surface area contributed by atoms with Gasteiger partial charge < -0.3 is 14.1 Å². The van der Waals surface area contributed by atoms with E-state index in [2.05, 4.69) is 28.6 Å². The highest BCUT2D eigenvalue weighted by molar-refractivity contribution is 7.98. The summed E-state index contributed by atoms with van der Waals surface area (Å²) in [6.45, 7) is 6.40. The van der Waals surface area contributed by atoms with Gasteiger partial charge in [-0.15, -0.1) is 11.3 Å². The molecule has 0 spiro atoms. The molecule has 8 heteroatoms. The molecule has 3 aromatic heterocycles. The predicted octanol–water partition coefficient (Wildman–Crippen LogP) is 4.55. The van der Waals surface area contributed by atoms with E-state index in [4.69, 9.17) is 4.42 Å². The first-order valence-electron chi connectivity index (χ1n) is 8.75. The predicted molar refractivity (Wildman–Crippen MR) is 108 cm³/mol. The molecule has 0 aliphatic carbocycles. The maximum Gasteiger partial charge on any atom is 0.373 e. The Morgan fingerprint density at radius 2 is 2.22 bits per heavy atom. The van der Waals surface area contributed by atoms with E-state index in [1.54, 1.807) is 23.5 Å². The molecule has 0 bridgehead atoms. The molecule has 0 aliphatic rings. The Labute approximate surface area is 165 Å². The van der Waals surface area contributed by atoms with Crippen molar-refractivity contribution in [2.75, 3.05) is 7.11 Å². The molecule has 3 heterocycles. The number of hydrogen-bond acceptors (Lipinski definition) is 7. The summed E-state index contributed by atoms with van der Waals surface area (Å²) in [4.78, 5) is 33.5. The molecular formula is C19H22N2O4S2. The van der Waals surface area contributed by atoms with Crippen LogP contribution in [0.25, 0.3) is 10.2 Å². The number of aryl methyl sites for hydroxylation is 1. The second-order valence-corrected chi connectivity index (χ2v) is 8.62. The zero-order chi connectivity index (χ0) is 19.6. The van der Waals surface area contributed by atoms with Gasteiger partial charge in [-0.1, -0.05) is 32.0 Å². The van der Waals surface area contributed by atoms with E-state index in [1.165, 1.54) is 18.9 Å². The van der Waals surface area contributed by atoms with Crippen LogP contribution in [-0.2, 0) is 16.9 Å². The Kier molecular flexibility index (Phi) is 6.06. The number of furan rings is 1. The van der Waals surface area contributed by atoms with E-state index in [0.29, 0.717) is 28.0 Å². The van der Waals surface area contributed by atoms with E-state index in [1.807, 2.05) is 6.92 Å². The van der Waals surface area contributed by atoms with Crippen LogP contribution in [0.1, 0.15) is 47.0 Å². The second kappa shape index (κ2) is 8.31. The molecule has 144 valence electrons. The Balaban J connectivity index is 1.81. The third-order valence-electron chi connectivity index (χ3n) is 4.49. The van der Waals surface area contributed by atoms with Gasteiger partial charge in [-0.3, -0.25) is 4.79 Å². The van der Waals surface area contributed by atoms with E-state index in [-0.39, 0.29) is 11.3 Å². The van der Waals surface area contributed by atoms with Gasteiger partial charge in [0, 0.05) is 4.88 Å².